The molecule has 2 N–H and O–H groups in total. The predicted octanol–water partition coefficient (Wildman–Crippen LogP) is 2.47. The van der Waals surface area contributed by atoms with Crippen molar-refractivity contribution in [3.63, 3.8) is 0 Å². The van der Waals surface area contributed by atoms with Crippen LogP contribution < -0.4 is 10.2 Å². The number of phenols is 1. The molecule has 4 atom stereocenters. The molecule has 2 unspecified atom stereocenters. The van der Waals surface area contributed by atoms with Crippen LogP contribution in [0.5, 0.6) is 5.75 Å². The fourth-order valence-corrected chi connectivity index (χ4v) is 4.52. The molecule has 30 heavy (non-hydrogen) atoms. The summed E-state index contributed by atoms with van der Waals surface area (Å²) < 4.78 is 14.9. The van der Waals surface area contributed by atoms with Gasteiger partial charge in [0.05, 0.1) is 40.2 Å². The van der Waals surface area contributed by atoms with Gasteiger partial charge in [-0.3, -0.25) is 0 Å². The van der Waals surface area contributed by atoms with Crippen LogP contribution in [0.3, 0.4) is 0 Å². The number of halogens is 1. The van der Waals surface area contributed by atoms with Gasteiger partial charge in [0.15, 0.2) is 11.6 Å². The molecule has 9 heteroatoms. The van der Waals surface area contributed by atoms with Gasteiger partial charge in [-0.1, -0.05) is 0 Å². The van der Waals surface area contributed by atoms with E-state index in [1.165, 1.54) is 0 Å². The van der Waals surface area contributed by atoms with Crippen LogP contribution in [0.25, 0.3) is 22.4 Å². The number of aryl methyl sites for hydroxylation is 2. The smallest absolute Gasteiger partial charge is 0.185 e. The third-order valence-corrected chi connectivity index (χ3v) is 6.40. The third-order valence-electron chi connectivity index (χ3n) is 6.40. The van der Waals surface area contributed by atoms with Crippen molar-refractivity contribution < 1.29 is 9.50 Å². The number of rotatable bonds is 3. The number of fused-ring (bicyclic) bond motifs is 3. The van der Waals surface area contributed by atoms with Gasteiger partial charge in [-0.25, -0.2) is 19.3 Å². The summed E-state index contributed by atoms with van der Waals surface area (Å²) in [4.78, 5) is 15.2. The lowest BCUT2D eigenvalue weighted by Gasteiger charge is -2.38. The monoisotopic (exact) mass is 409 g/mol. The van der Waals surface area contributed by atoms with E-state index in [1.807, 2.05) is 25.8 Å². The molecule has 2 aromatic heterocycles. The molecule has 0 aliphatic carbocycles. The molecule has 0 amide bonds. The van der Waals surface area contributed by atoms with E-state index in [9.17, 15) is 9.50 Å². The lowest BCUT2D eigenvalue weighted by molar-refractivity contribution is 0.176. The predicted molar refractivity (Wildman–Crippen MR) is 111 cm³/mol. The maximum absolute atomic E-state index is 14.9. The summed E-state index contributed by atoms with van der Waals surface area (Å²) in [6.45, 7) is 3.77. The van der Waals surface area contributed by atoms with Crippen LogP contribution in [0.1, 0.15) is 30.7 Å². The zero-order chi connectivity index (χ0) is 21.0. The van der Waals surface area contributed by atoms with Crippen molar-refractivity contribution in [1.82, 2.24) is 30.5 Å². The number of alkyl halides is 1. The van der Waals surface area contributed by atoms with Gasteiger partial charge in [-0.05, 0) is 39.2 Å². The molecule has 0 radical (unpaired) electrons. The molecule has 2 fully saturated rings. The first-order chi connectivity index (χ1) is 14.4. The van der Waals surface area contributed by atoms with Gasteiger partial charge >= 0.3 is 0 Å². The molecule has 2 bridgehead atoms. The van der Waals surface area contributed by atoms with Gasteiger partial charge in [0.1, 0.15) is 11.9 Å². The highest BCUT2D eigenvalue weighted by Crippen LogP contribution is 2.34. The summed E-state index contributed by atoms with van der Waals surface area (Å²) in [7, 11) is 1.83. The highest BCUT2D eigenvalue weighted by molar-refractivity contribution is 5.84. The Kier molecular flexibility index (Phi) is 4.50. The summed E-state index contributed by atoms with van der Waals surface area (Å²) in [6, 6.07) is 3.30. The van der Waals surface area contributed by atoms with E-state index in [4.69, 9.17) is 0 Å². The number of nitrogens with one attached hydrogen (secondary N) is 1. The largest absolute Gasteiger partial charge is 0.507 e. The molecule has 2 saturated heterocycles. The minimum Gasteiger partial charge on any atom is -0.507 e. The second kappa shape index (κ2) is 7.09. The Hall–Kier alpha value is -2.94. The lowest BCUT2D eigenvalue weighted by Crippen LogP contribution is -2.55. The number of anilines is 1. The Morgan fingerprint density at radius 1 is 1.10 bits per heavy atom. The van der Waals surface area contributed by atoms with E-state index in [2.05, 4.69) is 30.5 Å². The number of benzene rings is 1. The number of aromatic hydroxyl groups is 1. The van der Waals surface area contributed by atoms with Crippen LogP contribution in [-0.2, 0) is 0 Å². The average molecular weight is 409 g/mol. The second-order valence-electron chi connectivity index (χ2n) is 8.30. The van der Waals surface area contributed by atoms with Crippen LogP contribution in [0.15, 0.2) is 18.3 Å². The summed E-state index contributed by atoms with van der Waals surface area (Å²) in [5.74, 6) is 0.815. The van der Waals surface area contributed by atoms with Crippen LogP contribution in [-0.4, -0.2) is 61.6 Å². The van der Waals surface area contributed by atoms with E-state index in [0.717, 1.165) is 30.7 Å². The summed E-state index contributed by atoms with van der Waals surface area (Å²) >= 11 is 0. The second-order valence-corrected chi connectivity index (χ2v) is 8.30. The number of hydrogen-bond donors (Lipinski definition) is 2. The van der Waals surface area contributed by atoms with Crippen LogP contribution in [0.4, 0.5) is 10.2 Å². The Bertz CT molecular complexity index is 1110. The molecule has 0 saturated carbocycles. The minimum atomic E-state index is -0.954. The van der Waals surface area contributed by atoms with Crippen LogP contribution in [0.2, 0.25) is 0 Å². The van der Waals surface area contributed by atoms with Crippen molar-refractivity contribution in [2.45, 2.75) is 57.4 Å². The van der Waals surface area contributed by atoms with Crippen molar-refractivity contribution in [3.05, 3.63) is 29.7 Å². The van der Waals surface area contributed by atoms with E-state index < -0.39 is 6.17 Å². The fourth-order valence-electron chi connectivity index (χ4n) is 4.52. The highest BCUT2D eigenvalue weighted by atomic mass is 19.1. The molecule has 0 spiro atoms. The number of nitrogens with zero attached hydrogens (tertiary/aromatic N) is 6. The fraction of sp³-hybridized carbons (Fsp3) is 0.476. The molecular weight excluding hydrogens is 385 g/mol. The van der Waals surface area contributed by atoms with E-state index in [-0.39, 0.29) is 23.7 Å². The molecule has 3 aromatic rings. The summed E-state index contributed by atoms with van der Waals surface area (Å²) in [5, 5.41) is 22.3. The number of piperidine rings is 1. The SMILES string of the molecule is Cc1nc2cc(O)c(-c3ncc(N(C)[C@@H]4CC5CCC(N5)[C@@H]4F)nn3)cc2nc1C. The van der Waals surface area contributed by atoms with Crippen molar-refractivity contribution in [3.8, 4) is 17.1 Å². The number of hydrogen-bond acceptors (Lipinski definition) is 8. The van der Waals surface area contributed by atoms with Crippen molar-refractivity contribution in [1.29, 1.82) is 0 Å². The topological polar surface area (TPSA) is 100.0 Å². The van der Waals surface area contributed by atoms with Gasteiger partial charge in [-0.15, -0.1) is 10.2 Å². The van der Waals surface area contributed by atoms with E-state index >= 15 is 0 Å². The average Bonchev–Trinajstić information content (AvgIpc) is 3.15. The van der Waals surface area contributed by atoms with Gasteiger partial charge in [-0.2, -0.15) is 0 Å². The molecule has 4 heterocycles. The Morgan fingerprint density at radius 3 is 2.53 bits per heavy atom. The van der Waals surface area contributed by atoms with Crippen molar-refractivity contribution in [2.75, 3.05) is 11.9 Å². The Morgan fingerprint density at radius 2 is 1.83 bits per heavy atom. The molecule has 2 aliphatic heterocycles. The number of aromatic nitrogens is 5. The summed E-state index contributed by atoms with van der Waals surface area (Å²) in [6.07, 6.45) is 3.25. The standard InChI is InChI=1S/C21H24FN7O/c1-10-11(2)25-16-8-18(30)13(7-15(16)24-10)21-23-9-19(27-28-21)29(3)17-6-12-4-5-14(26-12)20(17)22/h7-9,12,14,17,20,26,30H,4-6H2,1-3H3/t12?,14?,17-,20+/m1/s1. The summed E-state index contributed by atoms with van der Waals surface area (Å²) in [5.41, 5.74) is 3.34. The minimum absolute atomic E-state index is 0.0155. The van der Waals surface area contributed by atoms with Gasteiger partial charge in [0.25, 0.3) is 0 Å². The van der Waals surface area contributed by atoms with E-state index in [0.29, 0.717) is 28.5 Å². The van der Waals surface area contributed by atoms with Gasteiger partial charge < -0.3 is 15.3 Å². The molecule has 5 rings (SSSR count). The molecule has 8 nitrogen and oxygen atoms in total. The maximum Gasteiger partial charge on any atom is 0.185 e. The lowest BCUT2D eigenvalue weighted by atomic mass is 9.96. The first kappa shape index (κ1) is 19.0. The highest BCUT2D eigenvalue weighted by Gasteiger charge is 2.43. The van der Waals surface area contributed by atoms with Crippen molar-refractivity contribution >= 4 is 16.9 Å². The number of phenolic OH excluding ortho intramolecular Hbond substituents is 1. The normalized spacial score (nSPS) is 25.6. The zero-order valence-electron chi connectivity index (χ0n) is 17.2. The Labute approximate surface area is 173 Å². The first-order valence-corrected chi connectivity index (χ1v) is 10.2. The zero-order valence-corrected chi connectivity index (χ0v) is 17.2. The van der Waals surface area contributed by atoms with E-state index in [1.54, 1.807) is 18.3 Å². The third kappa shape index (κ3) is 3.13. The van der Waals surface area contributed by atoms with Crippen LogP contribution >= 0.6 is 0 Å². The maximum atomic E-state index is 14.9. The van der Waals surface area contributed by atoms with Crippen LogP contribution in [0, 0.1) is 13.8 Å². The molecule has 1 aromatic carbocycles. The Balaban J connectivity index is 1.43. The molecular formula is C21H24FN7O. The first-order valence-electron chi connectivity index (χ1n) is 10.2. The quantitative estimate of drug-likeness (QED) is 0.681. The molecule has 156 valence electrons. The van der Waals surface area contributed by atoms with Crippen molar-refractivity contribution in [2.24, 2.45) is 0 Å². The van der Waals surface area contributed by atoms with Gasteiger partial charge in [0, 0.05) is 25.2 Å². The molecule has 2 aliphatic rings. The van der Waals surface area contributed by atoms with Gasteiger partial charge in [0.2, 0.25) is 0 Å².